The minimum Gasteiger partial charge on any atom is -0.465 e. The van der Waals surface area contributed by atoms with Crippen molar-refractivity contribution in [3.05, 3.63) is 103 Å². The summed E-state index contributed by atoms with van der Waals surface area (Å²) in [6.45, 7) is 6.19. The van der Waals surface area contributed by atoms with E-state index in [0.29, 0.717) is 24.6 Å². The van der Waals surface area contributed by atoms with E-state index in [1.807, 2.05) is 38.2 Å². The molecule has 5 aromatic rings. The maximum Gasteiger partial charge on any atom is 0.407 e. The number of alkyl carbamates (subject to hydrolysis) is 1. The number of aromatic amines is 2. The first-order valence-corrected chi connectivity index (χ1v) is 19.3. The van der Waals surface area contributed by atoms with Gasteiger partial charge in [-0.05, 0) is 72.5 Å². The van der Waals surface area contributed by atoms with Crippen molar-refractivity contribution in [2.24, 2.45) is 5.92 Å². The number of benzene rings is 2. The van der Waals surface area contributed by atoms with Gasteiger partial charge in [0.15, 0.2) is 0 Å². The van der Waals surface area contributed by atoms with Crippen molar-refractivity contribution in [3.8, 4) is 33.6 Å². The highest BCUT2D eigenvalue weighted by atomic mass is 16.5. The molecular formula is C42H49N9O5. The number of amides is 3. The summed E-state index contributed by atoms with van der Waals surface area (Å²) in [6.07, 6.45) is 7.53. The monoisotopic (exact) mass is 759 g/mol. The van der Waals surface area contributed by atoms with E-state index in [2.05, 4.69) is 79.0 Å². The second-order valence-electron chi connectivity index (χ2n) is 14.9. The van der Waals surface area contributed by atoms with Crippen LogP contribution in [0.15, 0.2) is 85.3 Å². The molecule has 7 rings (SSSR count). The van der Waals surface area contributed by atoms with Crippen LogP contribution in [0.3, 0.4) is 0 Å². The van der Waals surface area contributed by atoms with Crippen molar-refractivity contribution in [2.45, 2.75) is 70.1 Å². The first-order valence-electron chi connectivity index (χ1n) is 19.3. The van der Waals surface area contributed by atoms with Crippen LogP contribution in [0, 0.1) is 5.92 Å². The van der Waals surface area contributed by atoms with Gasteiger partial charge in [-0.3, -0.25) is 14.7 Å². The number of methoxy groups -OCH3 is 1. The van der Waals surface area contributed by atoms with Crippen LogP contribution in [-0.2, 0) is 16.0 Å². The third-order valence-corrected chi connectivity index (χ3v) is 10.9. The Morgan fingerprint density at radius 2 is 1.39 bits per heavy atom. The van der Waals surface area contributed by atoms with Gasteiger partial charge in [0.2, 0.25) is 5.91 Å². The summed E-state index contributed by atoms with van der Waals surface area (Å²) in [4.78, 5) is 62.3. The number of ether oxygens (including phenoxy) is 1. The number of nitrogens with one attached hydrogen (secondary N) is 4. The number of H-pyrrole nitrogens is 2. The quantitative estimate of drug-likeness (QED) is 0.0885. The van der Waals surface area contributed by atoms with Crippen molar-refractivity contribution in [2.75, 3.05) is 26.7 Å². The summed E-state index contributed by atoms with van der Waals surface area (Å²) in [6, 6.07) is 21.1. The topological polar surface area (TPSA) is 181 Å². The van der Waals surface area contributed by atoms with E-state index in [1.54, 1.807) is 17.3 Å². The zero-order chi connectivity index (χ0) is 39.2. The lowest BCUT2D eigenvalue weighted by Crippen LogP contribution is -2.49. The molecule has 2 fully saturated rings. The number of imidazole rings is 2. The fraction of sp³-hybridized carbons (Fsp3) is 0.381. The molecule has 0 radical (unpaired) electrons. The lowest BCUT2D eigenvalue weighted by molar-refractivity contribution is -0.134. The van der Waals surface area contributed by atoms with Crippen LogP contribution in [0.5, 0.6) is 0 Å². The molecule has 3 amide bonds. The van der Waals surface area contributed by atoms with E-state index in [9.17, 15) is 19.5 Å². The number of carboxylic acid groups (broad SMARTS) is 1. The molecule has 5 N–H and O–H groups in total. The Balaban J connectivity index is 0.994. The highest BCUT2D eigenvalue weighted by molar-refractivity contribution is 5.86. The molecule has 0 spiro atoms. The Labute approximate surface area is 326 Å². The fourth-order valence-corrected chi connectivity index (χ4v) is 7.82. The van der Waals surface area contributed by atoms with Crippen LogP contribution >= 0.6 is 0 Å². The van der Waals surface area contributed by atoms with Gasteiger partial charge in [-0.15, -0.1) is 0 Å². The minimum atomic E-state index is -0.992. The van der Waals surface area contributed by atoms with Gasteiger partial charge in [0.1, 0.15) is 17.7 Å². The van der Waals surface area contributed by atoms with Gasteiger partial charge in [-0.25, -0.2) is 19.6 Å². The number of hydrogen-bond donors (Lipinski definition) is 5. The maximum absolute atomic E-state index is 13.8. The van der Waals surface area contributed by atoms with Crippen molar-refractivity contribution in [1.29, 1.82) is 0 Å². The Morgan fingerprint density at radius 3 is 1.96 bits per heavy atom. The largest absolute Gasteiger partial charge is 0.465 e. The SMILES string of the molecule is COC(=O)N[C@@H](Cc1ccccn1)C(=O)N1CCC[C@H]1c1ncc(-c2ccc(-c3ccc(-c4cnc([C@@H]5CCCN5C[C@@H](NC(=O)O)C(C)C)[nH]4)cc3)cc2)[nH]1. The maximum atomic E-state index is 13.8. The Morgan fingerprint density at radius 1 is 0.804 bits per heavy atom. The summed E-state index contributed by atoms with van der Waals surface area (Å²) < 4.78 is 4.82. The molecular weight excluding hydrogens is 711 g/mol. The third-order valence-electron chi connectivity index (χ3n) is 10.9. The van der Waals surface area contributed by atoms with Crippen molar-refractivity contribution in [3.63, 3.8) is 0 Å². The molecule has 2 aliphatic heterocycles. The van der Waals surface area contributed by atoms with Gasteiger partial charge in [0.05, 0.1) is 43.0 Å². The molecule has 2 aliphatic rings. The van der Waals surface area contributed by atoms with Crippen LogP contribution in [0.2, 0.25) is 0 Å². The molecule has 0 saturated carbocycles. The summed E-state index contributed by atoms with van der Waals surface area (Å²) in [5.41, 5.74) is 6.67. The molecule has 14 heteroatoms. The summed E-state index contributed by atoms with van der Waals surface area (Å²) >= 11 is 0. The predicted octanol–water partition coefficient (Wildman–Crippen LogP) is 6.59. The second kappa shape index (κ2) is 17.2. The van der Waals surface area contributed by atoms with Crippen molar-refractivity contribution < 1.29 is 24.2 Å². The van der Waals surface area contributed by atoms with Gasteiger partial charge in [-0.1, -0.05) is 68.4 Å². The van der Waals surface area contributed by atoms with Gasteiger partial charge >= 0.3 is 12.2 Å². The number of aromatic nitrogens is 5. The molecule has 0 aliphatic carbocycles. The van der Waals surface area contributed by atoms with Gasteiger partial charge < -0.3 is 35.3 Å². The summed E-state index contributed by atoms with van der Waals surface area (Å²) in [5.74, 6) is 1.59. The van der Waals surface area contributed by atoms with E-state index >= 15 is 0 Å². The smallest absolute Gasteiger partial charge is 0.407 e. The zero-order valence-corrected chi connectivity index (χ0v) is 31.9. The normalized spacial score (nSPS) is 18.2. The highest BCUT2D eigenvalue weighted by Gasteiger charge is 2.37. The first-order chi connectivity index (χ1) is 27.2. The molecule has 14 nitrogen and oxygen atoms in total. The summed E-state index contributed by atoms with van der Waals surface area (Å²) in [7, 11) is 1.28. The lowest BCUT2D eigenvalue weighted by atomic mass is 10.0. The third kappa shape index (κ3) is 8.76. The summed E-state index contributed by atoms with van der Waals surface area (Å²) in [5, 5.41) is 14.7. The number of carbonyl (C=O) groups excluding carboxylic acids is 2. The van der Waals surface area contributed by atoms with E-state index < -0.39 is 18.2 Å². The predicted molar refractivity (Wildman–Crippen MR) is 211 cm³/mol. The Bertz CT molecular complexity index is 2100. The van der Waals surface area contributed by atoms with Crippen molar-refractivity contribution >= 4 is 18.1 Å². The Hall–Kier alpha value is -6.02. The van der Waals surface area contributed by atoms with Crippen molar-refractivity contribution in [1.82, 2.24) is 45.4 Å². The number of carbonyl (C=O) groups is 3. The van der Waals surface area contributed by atoms with E-state index in [4.69, 9.17) is 14.7 Å². The van der Waals surface area contributed by atoms with E-state index in [0.717, 1.165) is 71.7 Å². The number of hydrogen-bond acceptors (Lipinski definition) is 8. The minimum absolute atomic E-state index is 0.120. The highest BCUT2D eigenvalue weighted by Crippen LogP contribution is 2.34. The van der Waals surface area contributed by atoms with Gasteiger partial charge in [0, 0.05) is 37.4 Å². The average Bonchev–Trinajstić information content (AvgIpc) is 4.05. The first kappa shape index (κ1) is 38.3. The number of rotatable bonds is 13. The standard InChI is InChI=1S/C42H49N9O5/c1-26(2)35(48-41(53)54)25-50-20-6-9-36(50)38-44-23-33(46-38)29-15-11-27(12-16-29)28-13-17-30(18-14-28)34-24-45-39(47-34)37-10-7-21-51(37)40(52)32(49-42(55)56-3)22-31-8-4-5-19-43-31/h4-5,8,11-19,23-24,26,32,35-37,48H,6-7,9-10,20-22,25H2,1-3H3,(H,44,46)(H,45,47)(H,49,55)(H,53,54)/t32-,35+,36-,37-/m0/s1. The number of pyridine rings is 1. The van der Waals surface area contributed by atoms with Crippen LogP contribution < -0.4 is 10.6 Å². The molecule has 2 saturated heterocycles. The zero-order valence-electron chi connectivity index (χ0n) is 31.9. The molecule has 5 heterocycles. The second-order valence-corrected chi connectivity index (χ2v) is 14.9. The van der Waals surface area contributed by atoms with E-state index in [1.165, 1.54) is 7.11 Å². The Kier molecular flexibility index (Phi) is 11.7. The fourth-order valence-electron chi connectivity index (χ4n) is 7.82. The molecule has 3 aromatic heterocycles. The molecule has 0 bridgehead atoms. The number of nitrogens with zero attached hydrogens (tertiary/aromatic N) is 5. The molecule has 56 heavy (non-hydrogen) atoms. The number of likely N-dealkylation sites (tertiary alicyclic amines) is 2. The van der Waals surface area contributed by atoms with Crippen LogP contribution in [0.25, 0.3) is 33.6 Å². The molecule has 0 unspecified atom stereocenters. The molecule has 2 aromatic carbocycles. The van der Waals surface area contributed by atoms with Gasteiger partial charge in [0.25, 0.3) is 0 Å². The average molecular weight is 760 g/mol. The van der Waals surface area contributed by atoms with Crippen LogP contribution in [0.4, 0.5) is 9.59 Å². The van der Waals surface area contributed by atoms with Crippen LogP contribution in [0.1, 0.15) is 69.0 Å². The molecule has 4 atom stereocenters. The van der Waals surface area contributed by atoms with Gasteiger partial charge in [-0.2, -0.15) is 0 Å². The molecule has 292 valence electrons. The van der Waals surface area contributed by atoms with Crippen LogP contribution in [-0.4, -0.2) is 96.7 Å². The lowest BCUT2D eigenvalue weighted by Gasteiger charge is -2.30. The van der Waals surface area contributed by atoms with E-state index in [-0.39, 0.29) is 36.4 Å².